The number of carbonyl (C=O) groups excluding carboxylic acids is 1. The number of para-hydroxylation sites is 2. The minimum Gasteiger partial charge on any atom is -0.510 e. The smallest absolute Gasteiger partial charge is 0.510 e. The number of benzene rings is 2. The lowest BCUT2D eigenvalue weighted by Gasteiger charge is -2.17. The van der Waals surface area contributed by atoms with E-state index in [1.807, 2.05) is 60.7 Å². The highest BCUT2D eigenvalue weighted by atomic mass is 28.3. The van der Waals surface area contributed by atoms with Crippen molar-refractivity contribution < 1.29 is 18.4 Å². The van der Waals surface area contributed by atoms with Gasteiger partial charge >= 0.3 is 15.3 Å². The Morgan fingerprint density at radius 2 is 1.44 bits per heavy atom. The predicted octanol–water partition coefficient (Wildman–Crippen LogP) is 4.53. The maximum Gasteiger partial charge on any atom is 0.532 e. The first-order valence-corrected chi connectivity index (χ1v) is 9.82. The fourth-order valence-corrected chi connectivity index (χ4v) is 3.60. The van der Waals surface area contributed by atoms with Crippen molar-refractivity contribution in [1.29, 1.82) is 0 Å². The number of rotatable bonds is 10. The summed E-state index contributed by atoms with van der Waals surface area (Å²) in [5, 5.41) is 0. The van der Waals surface area contributed by atoms with E-state index in [1.54, 1.807) is 6.92 Å². The van der Waals surface area contributed by atoms with Crippen molar-refractivity contribution in [3.05, 3.63) is 72.8 Å². The molecular weight excluding hydrogens is 332 g/mol. The van der Waals surface area contributed by atoms with Gasteiger partial charge in [0.2, 0.25) is 0 Å². The van der Waals surface area contributed by atoms with Crippen LogP contribution in [0.2, 0.25) is 6.04 Å². The molecule has 0 N–H and O–H groups in total. The van der Waals surface area contributed by atoms with Gasteiger partial charge in [0.1, 0.15) is 11.5 Å². The third-order valence-electron chi connectivity index (χ3n) is 3.31. The SMILES string of the molecule is C=C(C)C(=O)OCCCC[Si](Oc1ccccc1)Oc1ccccc1. The van der Waals surface area contributed by atoms with Crippen LogP contribution in [0.4, 0.5) is 0 Å². The quantitative estimate of drug-likeness (QED) is 0.272. The third-order valence-corrected chi connectivity index (χ3v) is 5.00. The van der Waals surface area contributed by atoms with Gasteiger partial charge in [-0.15, -0.1) is 0 Å². The van der Waals surface area contributed by atoms with Crippen LogP contribution in [-0.4, -0.2) is 21.9 Å². The van der Waals surface area contributed by atoms with Crippen LogP contribution in [0.25, 0.3) is 0 Å². The van der Waals surface area contributed by atoms with Crippen LogP contribution in [0.15, 0.2) is 72.8 Å². The molecule has 0 saturated carbocycles. The molecule has 0 fully saturated rings. The van der Waals surface area contributed by atoms with Crippen LogP contribution in [0, 0.1) is 0 Å². The zero-order chi connectivity index (χ0) is 17.9. The molecule has 0 aliphatic rings. The molecule has 0 aliphatic heterocycles. The van der Waals surface area contributed by atoms with Gasteiger partial charge in [0, 0.05) is 11.6 Å². The van der Waals surface area contributed by atoms with Crippen LogP contribution in [-0.2, 0) is 9.53 Å². The van der Waals surface area contributed by atoms with Crippen molar-refractivity contribution in [3.8, 4) is 11.5 Å². The summed E-state index contributed by atoms with van der Waals surface area (Å²) in [6, 6.07) is 20.1. The van der Waals surface area contributed by atoms with Crippen LogP contribution in [0.3, 0.4) is 0 Å². The van der Waals surface area contributed by atoms with E-state index < -0.39 is 9.28 Å². The van der Waals surface area contributed by atoms with E-state index in [9.17, 15) is 4.79 Å². The molecule has 131 valence electrons. The van der Waals surface area contributed by atoms with E-state index in [1.165, 1.54) is 0 Å². The number of unbranched alkanes of at least 4 members (excludes halogenated alkanes) is 1. The van der Waals surface area contributed by atoms with Gasteiger partial charge in [0.05, 0.1) is 6.61 Å². The molecule has 5 heteroatoms. The van der Waals surface area contributed by atoms with E-state index >= 15 is 0 Å². The van der Waals surface area contributed by atoms with Gasteiger partial charge < -0.3 is 13.6 Å². The second kappa shape index (κ2) is 10.4. The van der Waals surface area contributed by atoms with Gasteiger partial charge in [-0.3, -0.25) is 0 Å². The molecule has 0 amide bonds. The van der Waals surface area contributed by atoms with Crippen LogP contribution >= 0.6 is 0 Å². The van der Waals surface area contributed by atoms with Crippen molar-refractivity contribution in [2.45, 2.75) is 25.8 Å². The average Bonchev–Trinajstić information content (AvgIpc) is 2.62. The van der Waals surface area contributed by atoms with Gasteiger partial charge in [-0.1, -0.05) is 43.0 Å². The average molecular weight is 355 g/mol. The molecule has 0 saturated heterocycles. The van der Waals surface area contributed by atoms with Crippen molar-refractivity contribution >= 4 is 15.3 Å². The molecule has 25 heavy (non-hydrogen) atoms. The minimum absolute atomic E-state index is 0.341. The first-order chi connectivity index (χ1) is 12.1. The molecule has 0 aromatic heterocycles. The molecule has 2 aromatic carbocycles. The summed E-state index contributed by atoms with van der Waals surface area (Å²) >= 11 is 0. The van der Waals surface area contributed by atoms with Gasteiger partial charge in [0.25, 0.3) is 0 Å². The molecule has 2 aromatic rings. The second-order valence-corrected chi connectivity index (χ2v) is 7.23. The fraction of sp³-hybridized carbons (Fsp3) is 0.250. The zero-order valence-electron chi connectivity index (χ0n) is 14.4. The molecule has 0 unspecified atom stereocenters. The van der Waals surface area contributed by atoms with Crippen molar-refractivity contribution in [2.24, 2.45) is 0 Å². The van der Waals surface area contributed by atoms with E-state index in [2.05, 4.69) is 6.58 Å². The number of ether oxygens (including phenoxy) is 1. The Bertz CT molecular complexity index is 616. The lowest BCUT2D eigenvalue weighted by atomic mass is 10.3. The Hall–Kier alpha value is -2.53. The number of hydrogen-bond donors (Lipinski definition) is 0. The number of esters is 1. The molecular formula is C20H23O4Si. The third kappa shape index (κ3) is 7.26. The lowest BCUT2D eigenvalue weighted by molar-refractivity contribution is -0.139. The second-order valence-electron chi connectivity index (χ2n) is 5.58. The summed E-state index contributed by atoms with van der Waals surface area (Å²) < 4.78 is 17.2. The zero-order valence-corrected chi connectivity index (χ0v) is 15.4. The molecule has 0 spiro atoms. The van der Waals surface area contributed by atoms with Gasteiger partial charge in [0.15, 0.2) is 0 Å². The minimum atomic E-state index is -1.52. The monoisotopic (exact) mass is 355 g/mol. The van der Waals surface area contributed by atoms with Crippen LogP contribution in [0.1, 0.15) is 19.8 Å². The molecule has 2 rings (SSSR count). The van der Waals surface area contributed by atoms with E-state index in [0.717, 1.165) is 30.4 Å². The van der Waals surface area contributed by atoms with E-state index in [0.29, 0.717) is 12.2 Å². The standard InChI is InChI=1S/C20H23O4Si/c1-17(2)20(21)22-15-9-10-16-25(23-18-11-5-3-6-12-18)24-19-13-7-4-8-14-19/h3-8,11-14H,1,9-10,15-16H2,2H3. The van der Waals surface area contributed by atoms with Crippen LogP contribution in [0.5, 0.6) is 11.5 Å². The Balaban J connectivity index is 1.84. The molecule has 0 atom stereocenters. The Morgan fingerprint density at radius 1 is 0.920 bits per heavy atom. The first-order valence-electron chi connectivity index (χ1n) is 8.29. The predicted molar refractivity (Wildman–Crippen MR) is 99.7 cm³/mol. The Kier molecular flexibility index (Phi) is 7.79. The molecule has 0 aliphatic carbocycles. The maximum absolute atomic E-state index is 11.4. The van der Waals surface area contributed by atoms with E-state index in [-0.39, 0.29) is 5.97 Å². The van der Waals surface area contributed by atoms with Gasteiger partial charge in [-0.2, -0.15) is 0 Å². The molecule has 0 heterocycles. The topological polar surface area (TPSA) is 44.8 Å². The summed E-state index contributed by atoms with van der Waals surface area (Å²) in [5.41, 5.74) is 0.421. The summed E-state index contributed by atoms with van der Waals surface area (Å²) in [5.74, 6) is 1.27. The highest BCUT2D eigenvalue weighted by Crippen LogP contribution is 2.17. The maximum atomic E-state index is 11.4. The molecule has 4 nitrogen and oxygen atoms in total. The molecule has 0 bridgehead atoms. The van der Waals surface area contributed by atoms with Crippen molar-refractivity contribution in [1.82, 2.24) is 0 Å². The number of carbonyl (C=O) groups is 1. The summed E-state index contributed by atoms with van der Waals surface area (Å²) in [4.78, 5) is 11.4. The highest BCUT2D eigenvalue weighted by Gasteiger charge is 2.20. The van der Waals surface area contributed by atoms with Crippen LogP contribution < -0.4 is 8.85 Å². The highest BCUT2D eigenvalue weighted by molar-refractivity contribution is 6.46. The normalized spacial score (nSPS) is 10.3. The van der Waals surface area contributed by atoms with Gasteiger partial charge in [-0.05, 0) is 44.0 Å². The van der Waals surface area contributed by atoms with Crippen molar-refractivity contribution in [2.75, 3.05) is 6.61 Å². The van der Waals surface area contributed by atoms with Gasteiger partial charge in [-0.25, -0.2) is 4.79 Å². The Labute approximate surface area is 150 Å². The Morgan fingerprint density at radius 3 is 1.92 bits per heavy atom. The first kappa shape index (κ1) is 18.8. The summed E-state index contributed by atoms with van der Waals surface area (Å²) in [7, 11) is -1.52. The number of hydrogen-bond acceptors (Lipinski definition) is 4. The van der Waals surface area contributed by atoms with E-state index in [4.69, 9.17) is 13.6 Å². The summed E-state index contributed by atoms with van der Waals surface area (Å²) in [6.45, 7) is 5.60. The fourth-order valence-electron chi connectivity index (χ4n) is 2.02. The largest absolute Gasteiger partial charge is 0.532 e. The lowest BCUT2D eigenvalue weighted by Crippen LogP contribution is -2.29. The molecule has 1 radical (unpaired) electrons. The summed E-state index contributed by atoms with van der Waals surface area (Å²) in [6.07, 6.45) is 1.63. The van der Waals surface area contributed by atoms with Crippen molar-refractivity contribution in [3.63, 3.8) is 0 Å².